The second-order valence-electron chi connectivity index (χ2n) is 7.14. The summed E-state index contributed by atoms with van der Waals surface area (Å²) in [6.07, 6.45) is 7.03. The molecule has 0 aromatic heterocycles. The fraction of sp³-hybridized carbons (Fsp3) is 0.938. The first-order chi connectivity index (χ1) is 9.86. The highest BCUT2D eigenvalue weighted by Crippen LogP contribution is 2.51. The molecule has 2 aliphatic carbocycles. The molecule has 21 heavy (non-hydrogen) atoms. The van der Waals surface area contributed by atoms with Gasteiger partial charge in [0.2, 0.25) is 0 Å². The predicted octanol–water partition coefficient (Wildman–Crippen LogP) is 2.64. The van der Waals surface area contributed by atoms with Crippen molar-refractivity contribution in [2.75, 3.05) is 20.4 Å². The van der Waals surface area contributed by atoms with E-state index >= 15 is 0 Å². The molecule has 0 spiro atoms. The van der Waals surface area contributed by atoms with Crippen LogP contribution in [-0.4, -0.2) is 49.3 Å². The molecule has 0 amide bonds. The van der Waals surface area contributed by atoms with E-state index < -0.39 is 0 Å². The number of guanidine groups is 1. The minimum absolute atomic E-state index is 0.0409. The van der Waals surface area contributed by atoms with E-state index in [0.717, 1.165) is 17.6 Å². The van der Waals surface area contributed by atoms with Crippen LogP contribution in [-0.2, 0) is 4.74 Å². The van der Waals surface area contributed by atoms with Crippen LogP contribution in [0.2, 0.25) is 0 Å². The molecule has 0 saturated heterocycles. The summed E-state index contributed by atoms with van der Waals surface area (Å²) in [4.78, 5) is 4.41. The lowest BCUT2D eigenvalue weighted by Crippen LogP contribution is -2.69. The highest BCUT2D eigenvalue weighted by molar-refractivity contribution is 7.99. The first kappa shape index (κ1) is 16.9. The van der Waals surface area contributed by atoms with Gasteiger partial charge in [-0.05, 0) is 38.9 Å². The number of aliphatic imine (C=N–C) groups is 1. The molecular formula is C16H31N3OS. The van der Waals surface area contributed by atoms with Crippen LogP contribution in [0.4, 0.5) is 0 Å². The van der Waals surface area contributed by atoms with E-state index in [4.69, 9.17) is 4.74 Å². The summed E-state index contributed by atoms with van der Waals surface area (Å²) in [5, 5.41) is 7.99. The second kappa shape index (κ2) is 6.37. The van der Waals surface area contributed by atoms with E-state index in [1.165, 1.54) is 19.3 Å². The third kappa shape index (κ3) is 3.19. The maximum absolute atomic E-state index is 5.69. The summed E-state index contributed by atoms with van der Waals surface area (Å²) in [5.74, 6) is 0.943. The van der Waals surface area contributed by atoms with Crippen molar-refractivity contribution in [3.05, 3.63) is 0 Å². The summed E-state index contributed by atoms with van der Waals surface area (Å²) >= 11 is 1.99. The van der Waals surface area contributed by atoms with Crippen molar-refractivity contribution >= 4 is 17.7 Å². The number of ether oxygens (including phenoxy) is 1. The SMILES string of the molecule is CN=C(NC1CCC(SC)C1)NC1CC(C)(OC)C1(C)C. The summed E-state index contributed by atoms with van der Waals surface area (Å²) in [5.41, 5.74) is 0.0671. The fourth-order valence-corrected chi connectivity index (χ4v) is 4.33. The van der Waals surface area contributed by atoms with Gasteiger partial charge in [-0.15, -0.1) is 0 Å². The third-order valence-electron chi connectivity index (χ3n) is 5.87. The van der Waals surface area contributed by atoms with E-state index in [1.54, 1.807) is 0 Å². The quantitative estimate of drug-likeness (QED) is 0.619. The Morgan fingerprint density at radius 3 is 2.43 bits per heavy atom. The molecule has 2 aliphatic rings. The monoisotopic (exact) mass is 313 g/mol. The summed E-state index contributed by atoms with van der Waals surface area (Å²) in [7, 11) is 3.67. The van der Waals surface area contributed by atoms with Crippen LogP contribution in [0.5, 0.6) is 0 Å². The standard InChI is InChI=1S/C16H31N3OS/c1-15(2)13(10-16(15,3)20-5)19-14(17-4)18-11-7-8-12(9-11)21-6/h11-13H,7-10H2,1-6H3,(H2,17,18,19). The highest BCUT2D eigenvalue weighted by Gasteiger charge is 2.58. The highest BCUT2D eigenvalue weighted by atomic mass is 32.2. The van der Waals surface area contributed by atoms with Gasteiger partial charge < -0.3 is 15.4 Å². The zero-order valence-electron chi connectivity index (χ0n) is 14.3. The van der Waals surface area contributed by atoms with Gasteiger partial charge >= 0.3 is 0 Å². The molecule has 5 heteroatoms. The second-order valence-corrected chi connectivity index (χ2v) is 8.28. The smallest absolute Gasteiger partial charge is 0.191 e. The number of methoxy groups -OCH3 is 1. The molecular weight excluding hydrogens is 282 g/mol. The summed E-state index contributed by atoms with van der Waals surface area (Å²) < 4.78 is 5.69. The van der Waals surface area contributed by atoms with Gasteiger partial charge in [0.15, 0.2) is 5.96 Å². The molecule has 0 aromatic rings. The number of nitrogens with one attached hydrogen (secondary N) is 2. The van der Waals surface area contributed by atoms with Crippen LogP contribution in [0.25, 0.3) is 0 Å². The Labute approximate surface area is 133 Å². The molecule has 4 atom stereocenters. The number of rotatable bonds is 4. The van der Waals surface area contributed by atoms with Crippen LogP contribution in [0.3, 0.4) is 0 Å². The topological polar surface area (TPSA) is 45.7 Å². The Balaban J connectivity index is 1.87. The molecule has 122 valence electrons. The van der Waals surface area contributed by atoms with Crippen LogP contribution in [0, 0.1) is 5.41 Å². The lowest BCUT2D eigenvalue weighted by Gasteiger charge is -2.59. The molecule has 4 unspecified atom stereocenters. The van der Waals surface area contributed by atoms with Gasteiger partial charge in [0.05, 0.1) is 5.60 Å². The van der Waals surface area contributed by atoms with Crippen LogP contribution in [0.1, 0.15) is 46.5 Å². The molecule has 4 nitrogen and oxygen atoms in total. The third-order valence-corrected chi connectivity index (χ3v) is 6.97. The van der Waals surface area contributed by atoms with E-state index in [9.17, 15) is 0 Å². The van der Waals surface area contributed by atoms with Gasteiger partial charge in [0.25, 0.3) is 0 Å². The van der Waals surface area contributed by atoms with Crippen LogP contribution >= 0.6 is 11.8 Å². The minimum atomic E-state index is -0.0409. The van der Waals surface area contributed by atoms with Crippen molar-refractivity contribution in [2.24, 2.45) is 10.4 Å². The number of nitrogens with zero attached hydrogens (tertiary/aromatic N) is 1. The van der Waals surface area contributed by atoms with Crippen LogP contribution in [0.15, 0.2) is 4.99 Å². The average Bonchev–Trinajstić information content (AvgIpc) is 2.93. The molecule has 2 N–H and O–H groups in total. The van der Waals surface area contributed by atoms with Crippen molar-refractivity contribution in [3.63, 3.8) is 0 Å². The number of hydrogen-bond acceptors (Lipinski definition) is 3. The van der Waals surface area contributed by atoms with E-state index in [-0.39, 0.29) is 11.0 Å². The Bertz CT molecular complexity index is 399. The van der Waals surface area contributed by atoms with Gasteiger partial charge in [-0.25, -0.2) is 0 Å². The van der Waals surface area contributed by atoms with Gasteiger partial charge in [0.1, 0.15) is 0 Å². The molecule has 0 aliphatic heterocycles. The molecule has 0 radical (unpaired) electrons. The normalized spacial score (nSPS) is 39.0. The maximum Gasteiger partial charge on any atom is 0.191 e. The van der Waals surface area contributed by atoms with Gasteiger partial charge in [-0.1, -0.05) is 13.8 Å². The largest absolute Gasteiger partial charge is 0.378 e. The van der Waals surface area contributed by atoms with E-state index in [1.807, 2.05) is 25.9 Å². The van der Waals surface area contributed by atoms with Crippen molar-refractivity contribution in [3.8, 4) is 0 Å². The van der Waals surface area contributed by atoms with E-state index in [2.05, 4.69) is 42.7 Å². The molecule has 2 saturated carbocycles. The zero-order chi connectivity index (χ0) is 15.7. The number of hydrogen-bond donors (Lipinski definition) is 2. The van der Waals surface area contributed by atoms with E-state index in [0.29, 0.717) is 12.1 Å². The first-order valence-electron chi connectivity index (χ1n) is 7.94. The predicted molar refractivity (Wildman–Crippen MR) is 92.2 cm³/mol. The Morgan fingerprint density at radius 2 is 1.95 bits per heavy atom. The van der Waals surface area contributed by atoms with Crippen molar-refractivity contribution in [1.29, 1.82) is 0 Å². The fourth-order valence-electron chi connectivity index (χ4n) is 3.54. The van der Waals surface area contributed by atoms with Gasteiger partial charge in [-0.3, -0.25) is 4.99 Å². The van der Waals surface area contributed by atoms with Crippen LogP contribution < -0.4 is 10.6 Å². The lowest BCUT2D eigenvalue weighted by atomic mass is 9.56. The van der Waals surface area contributed by atoms with Crippen molar-refractivity contribution in [1.82, 2.24) is 10.6 Å². The van der Waals surface area contributed by atoms with Gasteiger partial charge in [0, 0.05) is 36.9 Å². The molecule has 0 aromatic carbocycles. The average molecular weight is 314 g/mol. The summed E-state index contributed by atoms with van der Waals surface area (Å²) in [6, 6.07) is 0.969. The minimum Gasteiger partial charge on any atom is -0.378 e. The Morgan fingerprint density at radius 1 is 1.24 bits per heavy atom. The van der Waals surface area contributed by atoms with Crippen molar-refractivity contribution in [2.45, 2.75) is 69.4 Å². The number of thioether (sulfide) groups is 1. The Hall–Kier alpha value is -0.420. The molecule has 0 heterocycles. The Kier molecular flexibility index (Phi) is 5.14. The van der Waals surface area contributed by atoms with Gasteiger partial charge in [-0.2, -0.15) is 11.8 Å². The van der Waals surface area contributed by atoms with Crippen molar-refractivity contribution < 1.29 is 4.74 Å². The lowest BCUT2D eigenvalue weighted by molar-refractivity contribution is -0.176. The molecule has 2 fully saturated rings. The molecule has 2 rings (SSSR count). The molecule has 0 bridgehead atoms. The summed E-state index contributed by atoms with van der Waals surface area (Å²) in [6.45, 7) is 6.73. The first-order valence-corrected chi connectivity index (χ1v) is 9.23. The maximum atomic E-state index is 5.69. The zero-order valence-corrected chi connectivity index (χ0v) is 15.1.